The van der Waals surface area contributed by atoms with Crippen LogP contribution in [0.4, 0.5) is 19.0 Å². The SMILES string of the molecule is CC(C)n1cnc(C(=O)Nc2csc([C@]34CO[C@@H](C)C[C@H]3CSC(N)=N4)n2)c1.O=C(O)C(F)(F)F. The summed E-state index contributed by atoms with van der Waals surface area (Å²) in [5, 5.41) is 13.2. The largest absolute Gasteiger partial charge is 0.490 e. The Hall–Kier alpha value is -2.65. The number of anilines is 1. The zero-order valence-electron chi connectivity index (χ0n) is 19.1. The molecule has 3 atom stereocenters. The maximum atomic E-state index is 12.5. The van der Waals surface area contributed by atoms with E-state index < -0.39 is 17.7 Å². The average molecular weight is 535 g/mol. The summed E-state index contributed by atoms with van der Waals surface area (Å²) >= 11 is 3.07. The average Bonchev–Trinajstić information content (AvgIpc) is 3.44. The molecule has 35 heavy (non-hydrogen) atoms. The number of aromatic nitrogens is 3. The van der Waals surface area contributed by atoms with E-state index in [1.54, 1.807) is 24.3 Å². The van der Waals surface area contributed by atoms with Crippen LogP contribution in [0.15, 0.2) is 22.9 Å². The number of hydrogen-bond acceptors (Lipinski definition) is 9. The Balaban J connectivity index is 0.000000429. The van der Waals surface area contributed by atoms with Crippen molar-refractivity contribution in [2.45, 2.75) is 51.1 Å². The van der Waals surface area contributed by atoms with E-state index in [2.05, 4.69) is 22.2 Å². The molecule has 0 spiro atoms. The lowest BCUT2D eigenvalue weighted by atomic mass is 9.80. The number of nitrogens with two attached hydrogens (primary N) is 1. The van der Waals surface area contributed by atoms with Gasteiger partial charge < -0.3 is 25.5 Å². The zero-order chi connectivity index (χ0) is 26.0. The third-order valence-electron chi connectivity index (χ3n) is 5.41. The molecule has 0 radical (unpaired) electrons. The van der Waals surface area contributed by atoms with Crippen molar-refractivity contribution in [2.24, 2.45) is 16.6 Å². The predicted octanol–water partition coefficient (Wildman–Crippen LogP) is 3.49. The number of ether oxygens (including phenoxy) is 1. The highest BCUT2D eigenvalue weighted by Gasteiger charge is 2.49. The quantitative estimate of drug-likeness (QED) is 0.541. The van der Waals surface area contributed by atoms with Crippen molar-refractivity contribution >= 4 is 46.0 Å². The van der Waals surface area contributed by atoms with Crippen LogP contribution >= 0.6 is 23.1 Å². The first-order valence-electron chi connectivity index (χ1n) is 10.5. The first kappa shape index (κ1) is 26.9. The fraction of sp³-hybridized carbons (Fsp3) is 0.550. The molecule has 0 saturated carbocycles. The monoisotopic (exact) mass is 534 g/mol. The van der Waals surface area contributed by atoms with Crippen LogP contribution in [0.25, 0.3) is 0 Å². The summed E-state index contributed by atoms with van der Waals surface area (Å²) in [6.45, 7) is 6.61. The number of carboxylic acids is 1. The minimum Gasteiger partial charge on any atom is -0.475 e. The molecule has 2 aliphatic rings. The fourth-order valence-electron chi connectivity index (χ4n) is 3.53. The second kappa shape index (κ2) is 10.5. The molecule has 0 unspecified atom stereocenters. The number of amidine groups is 1. The van der Waals surface area contributed by atoms with Gasteiger partial charge in [-0.05, 0) is 27.2 Å². The van der Waals surface area contributed by atoms with Crippen molar-refractivity contribution in [1.29, 1.82) is 0 Å². The lowest BCUT2D eigenvalue weighted by Crippen LogP contribution is -2.49. The van der Waals surface area contributed by atoms with Gasteiger partial charge in [0.15, 0.2) is 5.17 Å². The first-order valence-corrected chi connectivity index (χ1v) is 12.4. The number of fused-ring (bicyclic) bond motifs is 1. The number of nitrogens with zero attached hydrogens (tertiary/aromatic N) is 4. The van der Waals surface area contributed by atoms with Crippen LogP contribution in [0.3, 0.4) is 0 Å². The van der Waals surface area contributed by atoms with Crippen molar-refractivity contribution in [2.75, 3.05) is 17.7 Å². The van der Waals surface area contributed by atoms with Gasteiger partial charge in [-0.25, -0.2) is 19.8 Å². The summed E-state index contributed by atoms with van der Waals surface area (Å²) in [6.07, 6.45) is -0.573. The number of aliphatic carboxylic acids is 1. The predicted molar refractivity (Wildman–Crippen MR) is 126 cm³/mol. The Labute approximate surface area is 207 Å². The van der Waals surface area contributed by atoms with Gasteiger partial charge in [0.05, 0.1) is 19.0 Å². The van der Waals surface area contributed by atoms with Crippen molar-refractivity contribution < 1.29 is 32.6 Å². The standard InChI is InChI=1S/C18H24N6O2S2.C2HF3O2/c1-10(2)24-5-13(20-9-24)15(25)21-14-7-27-16(22-14)18-8-26-11(3)4-12(18)6-28-17(19)23-18;3-2(4,5)1(6)7/h5,7,9-12H,4,6,8H2,1-3H3,(H2,19,23)(H,21,25);(H,6,7)/t11-,12-,18-;/m0./s1. The maximum Gasteiger partial charge on any atom is 0.490 e. The summed E-state index contributed by atoms with van der Waals surface area (Å²) in [5.74, 6) is -1.32. The molecule has 1 fully saturated rings. The van der Waals surface area contributed by atoms with Crippen LogP contribution in [0.5, 0.6) is 0 Å². The number of aliphatic imine (C=N–C) groups is 1. The fourth-order valence-corrected chi connectivity index (χ4v) is 5.50. The van der Waals surface area contributed by atoms with Gasteiger partial charge in [0.25, 0.3) is 5.91 Å². The van der Waals surface area contributed by atoms with Crippen LogP contribution in [0, 0.1) is 5.92 Å². The highest BCUT2D eigenvalue weighted by molar-refractivity contribution is 8.13. The zero-order valence-corrected chi connectivity index (χ0v) is 20.7. The van der Waals surface area contributed by atoms with Gasteiger partial charge in [0.1, 0.15) is 22.1 Å². The lowest BCUT2D eigenvalue weighted by molar-refractivity contribution is -0.192. The second-order valence-electron chi connectivity index (χ2n) is 8.33. The highest BCUT2D eigenvalue weighted by Crippen LogP contribution is 2.47. The summed E-state index contributed by atoms with van der Waals surface area (Å²) in [4.78, 5) is 35.0. The molecule has 4 N–H and O–H groups in total. The normalized spacial score (nSPS) is 24.1. The number of thiazole rings is 1. The Bertz CT molecular complexity index is 1100. The highest BCUT2D eigenvalue weighted by atomic mass is 32.2. The van der Waals surface area contributed by atoms with E-state index in [1.807, 2.05) is 23.8 Å². The van der Waals surface area contributed by atoms with Crippen LogP contribution in [0.1, 0.15) is 48.7 Å². The van der Waals surface area contributed by atoms with Crippen molar-refractivity contribution in [3.05, 3.63) is 28.6 Å². The molecule has 4 rings (SSSR count). The summed E-state index contributed by atoms with van der Waals surface area (Å²) in [6, 6.07) is 0.247. The maximum absolute atomic E-state index is 12.5. The number of halogens is 3. The number of nitrogens with one attached hydrogen (secondary N) is 1. The number of carbonyl (C=O) groups is 2. The third-order valence-corrected chi connectivity index (χ3v) is 7.38. The lowest BCUT2D eigenvalue weighted by Gasteiger charge is -2.44. The smallest absolute Gasteiger partial charge is 0.475 e. The first-order chi connectivity index (χ1) is 16.3. The molecule has 0 aromatic carbocycles. The van der Waals surface area contributed by atoms with Crippen LogP contribution in [0.2, 0.25) is 0 Å². The molecular formula is C20H25F3N6O4S2. The molecule has 1 saturated heterocycles. The summed E-state index contributed by atoms with van der Waals surface area (Å²) in [7, 11) is 0. The van der Waals surface area contributed by atoms with E-state index >= 15 is 0 Å². The Kier molecular flexibility index (Phi) is 8.11. The van der Waals surface area contributed by atoms with Crippen molar-refractivity contribution in [3.8, 4) is 0 Å². The molecule has 2 aromatic rings. The number of amides is 1. The van der Waals surface area contributed by atoms with Gasteiger partial charge >= 0.3 is 12.1 Å². The topological polar surface area (TPSA) is 145 Å². The van der Waals surface area contributed by atoms with Crippen LogP contribution in [-0.4, -0.2) is 61.3 Å². The number of imidazole rings is 1. The van der Waals surface area contributed by atoms with Crippen LogP contribution in [-0.2, 0) is 15.1 Å². The Morgan fingerprint density at radius 1 is 1.40 bits per heavy atom. The number of hydrogen-bond donors (Lipinski definition) is 3. The molecule has 0 bridgehead atoms. The van der Waals surface area contributed by atoms with Crippen molar-refractivity contribution in [1.82, 2.24) is 14.5 Å². The Morgan fingerprint density at radius 2 is 2.09 bits per heavy atom. The molecule has 1 amide bonds. The number of rotatable bonds is 4. The second-order valence-corrected chi connectivity index (χ2v) is 10.2. The summed E-state index contributed by atoms with van der Waals surface area (Å²) < 4.78 is 39.6. The Morgan fingerprint density at radius 3 is 2.69 bits per heavy atom. The van der Waals surface area contributed by atoms with Gasteiger partial charge in [0.2, 0.25) is 0 Å². The van der Waals surface area contributed by atoms with E-state index in [-0.39, 0.29) is 18.1 Å². The molecule has 192 valence electrons. The molecule has 2 aliphatic heterocycles. The summed E-state index contributed by atoms with van der Waals surface area (Å²) in [5.41, 5.74) is 5.85. The van der Waals surface area contributed by atoms with E-state index in [1.165, 1.54) is 11.3 Å². The molecule has 0 aliphatic carbocycles. The van der Waals surface area contributed by atoms with Gasteiger partial charge in [-0.15, -0.1) is 11.3 Å². The van der Waals surface area contributed by atoms with E-state index in [0.29, 0.717) is 29.2 Å². The molecular weight excluding hydrogens is 509 g/mol. The number of thioether (sulfide) groups is 1. The number of carboxylic acid groups (broad SMARTS) is 1. The van der Waals surface area contributed by atoms with Gasteiger partial charge in [-0.1, -0.05) is 11.8 Å². The van der Waals surface area contributed by atoms with Crippen molar-refractivity contribution in [3.63, 3.8) is 0 Å². The van der Waals surface area contributed by atoms with Gasteiger partial charge in [-0.3, -0.25) is 4.79 Å². The van der Waals surface area contributed by atoms with Crippen LogP contribution < -0.4 is 11.1 Å². The molecule has 2 aromatic heterocycles. The molecule has 10 nitrogen and oxygen atoms in total. The van der Waals surface area contributed by atoms with E-state index in [0.717, 1.165) is 17.2 Å². The molecule has 4 heterocycles. The van der Waals surface area contributed by atoms with E-state index in [4.69, 9.17) is 25.4 Å². The third kappa shape index (κ3) is 6.32. The minimum absolute atomic E-state index is 0.198. The number of carbonyl (C=O) groups excluding carboxylic acids is 1. The van der Waals surface area contributed by atoms with E-state index in [9.17, 15) is 18.0 Å². The molecule has 15 heteroatoms. The van der Waals surface area contributed by atoms with Gasteiger partial charge in [-0.2, -0.15) is 13.2 Å². The number of alkyl halides is 3. The van der Waals surface area contributed by atoms with Gasteiger partial charge in [0, 0.05) is 29.3 Å². The minimum atomic E-state index is -5.08.